The van der Waals surface area contributed by atoms with Gasteiger partial charge < -0.3 is 35.8 Å². The minimum absolute atomic E-state index is 0.0274. The van der Waals surface area contributed by atoms with Gasteiger partial charge in [-0.05, 0) is 77.1 Å². The van der Waals surface area contributed by atoms with E-state index in [4.69, 9.17) is 15.2 Å². The van der Waals surface area contributed by atoms with E-state index in [1.807, 2.05) is 78.9 Å². The number of unbranched alkanes of at least 4 members (excludes halogenated alkanes) is 1. The second kappa shape index (κ2) is 20.2. The van der Waals surface area contributed by atoms with E-state index < -0.39 is 6.29 Å². The van der Waals surface area contributed by atoms with E-state index in [0.29, 0.717) is 50.0 Å². The van der Waals surface area contributed by atoms with Crippen LogP contribution in [0.1, 0.15) is 66.8 Å². The van der Waals surface area contributed by atoms with Crippen molar-refractivity contribution in [3.8, 4) is 11.1 Å². The molecule has 2 aliphatic heterocycles. The molecule has 312 valence electrons. The summed E-state index contributed by atoms with van der Waals surface area (Å²) in [5.74, 6) is -0.194. The van der Waals surface area contributed by atoms with Crippen molar-refractivity contribution in [3.05, 3.63) is 154 Å². The van der Waals surface area contributed by atoms with Gasteiger partial charge in [-0.3, -0.25) is 24.6 Å². The van der Waals surface area contributed by atoms with Crippen LogP contribution in [0.15, 0.2) is 121 Å². The van der Waals surface area contributed by atoms with Crippen LogP contribution in [0.25, 0.3) is 11.1 Å². The van der Waals surface area contributed by atoms with Crippen molar-refractivity contribution in [1.29, 1.82) is 0 Å². The van der Waals surface area contributed by atoms with Gasteiger partial charge in [-0.25, -0.2) is 0 Å². The Kier molecular flexibility index (Phi) is 14.2. The van der Waals surface area contributed by atoms with Gasteiger partial charge in [-0.15, -0.1) is 0 Å². The fraction of sp³-hybridized carbons (Fsp3) is 0.319. The molecule has 2 saturated heterocycles. The summed E-state index contributed by atoms with van der Waals surface area (Å²) in [6, 6.07) is 38.0. The Balaban J connectivity index is 0.951. The molecule has 0 radical (unpaired) electrons. The van der Waals surface area contributed by atoms with E-state index in [9.17, 15) is 24.8 Å². The topological polar surface area (TPSA) is 173 Å². The molecule has 2 heterocycles. The van der Waals surface area contributed by atoms with Crippen LogP contribution in [0.4, 0.5) is 22.7 Å². The molecule has 60 heavy (non-hydrogen) atoms. The molecule has 5 aromatic rings. The maximum absolute atomic E-state index is 12.7. The lowest BCUT2D eigenvalue weighted by atomic mass is 9.98. The molecule has 0 aromatic heterocycles. The average molecular weight is 813 g/mol. The molecule has 2 fully saturated rings. The number of benzene rings is 5. The van der Waals surface area contributed by atoms with Crippen LogP contribution in [-0.2, 0) is 32.2 Å². The molecule has 3 atom stereocenters. The molecule has 13 heteroatoms. The van der Waals surface area contributed by atoms with Gasteiger partial charge >= 0.3 is 0 Å². The highest BCUT2D eigenvalue weighted by Crippen LogP contribution is 2.39. The highest BCUT2D eigenvalue weighted by Gasteiger charge is 2.34. The van der Waals surface area contributed by atoms with Gasteiger partial charge in [0.25, 0.3) is 5.69 Å². The number of ether oxygens (including phenoxy) is 2. The number of carbonyl (C=O) groups is 2. The molecule has 0 spiro atoms. The van der Waals surface area contributed by atoms with E-state index in [-0.39, 0.29) is 41.2 Å². The molecular formula is C47H52N6O7. The van der Waals surface area contributed by atoms with Crippen LogP contribution in [0.3, 0.4) is 0 Å². The van der Waals surface area contributed by atoms with Crippen LogP contribution in [0.2, 0.25) is 0 Å². The van der Waals surface area contributed by atoms with E-state index in [0.717, 1.165) is 71.8 Å². The van der Waals surface area contributed by atoms with Gasteiger partial charge in [-0.1, -0.05) is 72.8 Å². The van der Waals surface area contributed by atoms with E-state index in [2.05, 4.69) is 38.6 Å². The molecule has 7 rings (SSSR count). The molecule has 5 aromatic carbocycles. The van der Waals surface area contributed by atoms with Crippen molar-refractivity contribution in [2.45, 2.75) is 63.8 Å². The van der Waals surface area contributed by atoms with Crippen molar-refractivity contribution >= 4 is 34.6 Å². The number of anilines is 3. The molecule has 0 aliphatic carbocycles. The van der Waals surface area contributed by atoms with Crippen molar-refractivity contribution < 1.29 is 29.1 Å². The quantitative estimate of drug-likeness (QED) is 0.0338. The Morgan fingerprint density at radius 1 is 0.767 bits per heavy atom. The predicted molar refractivity (Wildman–Crippen MR) is 232 cm³/mol. The summed E-state index contributed by atoms with van der Waals surface area (Å²) in [5, 5.41) is 26.6. The average Bonchev–Trinajstić information content (AvgIpc) is 3.28. The van der Waals surface area contributed by atoms with E-state index in [1.54, 1.807) is 24.3 Å². The number of hydrogen-bond acceptors (Lipinski definition) is 10. The van der Waals surface area contributed by atoms with Gasteiger partial charge in [0.2, 0.25) is 11.8 Å². The smallest absolute Gasteiger partial charge is 0.269 e. The van der Waals surface area contributed by atoms with Crippen LogP contribution in [0, 0.1) is 10.1 Å². The number of nitrogens with zero attached hydrogens (tertiary/aromatic N) is 3. The number of nitrogen functional groups attached to an aromatic ring is 1. The first kappa shape index (κ1) is 42.0. The van der Waals surface area contributed by atoms with E-state index in [1.165, 1.54) is 0 Å². The zero-order chi connectivity index (χ0) is 41.8. The van der Waals surface area contributed by atoms with Crippen LogP contribution in [0.5, 0.6) is 0 Å². The lowest BCUT2D eigenvalue weighted by Gasteiger charge is -2.41. The van der Waals surface area contributed by atoms with Gasteiger partial charge in [-0.2, -0.15) is 0 Å². The zero-order valence-corrected chi connectivity index (χ0v) is 33.6. The number of amides is 2. The molecule has 5 N–H and O–H groups in total. The normalized spacial score (nSPS) is 18.1. The molecule has 13 nitrogen and oxygen atoms in total. The van der Waals surface area contributed by atoms with Gasteiger partial charge in [0.05, 0.1) is 35.1 Å². The SMILES string of the molecule is Nc1ccccc1NC(=O)CCCCC(=O)NCc1cccc(-c2cccc([C@@H]3O[C@H](CN4CCN(c5ccc([N+](=O)[O-])cc5)CC4)C[C@H](c4ccc(CO)cc4)O3)c2)c1. The van der Waals surface area contributed by atoms with Gasteiger partial charge in [0.15, 0.2) is 6.29 Å². The first-order valence-corrected chi connectivity index (χ1v) is 20.5. The minimum Gasteiger partial charge on any atom is -0.397 e. The number of rotatable bonds is 16. The summed E-state index contributed by atoms with van der Waals surface area (Å²) in [6.45, 7) is 4.34. The predicted octanol–water partition coefficient (Wildman–Crippen LogP) is 7.52. The fourth-order valence-corrected chi connectivity index (χ4v) is 7.70. The molecule has 2 amide bonds. The number of non-ortho nitro benzene ring substituents is 1. The fourth-order valence-electron chi connectivity index (χ4n) is 7.70. The third kappa shape index (κ3) is 11.3. The van der Waals surface area contributed by atoms with Gasteiger partial charge in [0.1, 0.15) is 0 Å². The molecule has 0 bridgehead atoms. The lowest BCUT2D eigenvalue weighted by Crippen LogP contribution is -2.49. The summed E-state index contributed by atoms with van der Waals surface area (Å²) < 4.78 is 13.4. The Morgan fingerprint density at radius 2 is 1.47 bits per heavy atom. The summed E-state index contributed by atoms with van der Waals surface area (Å²) in [7, 11) is 0. The van der Waals surface area contributed by atoms with Crippen LogP contribution < -0.4 is 21.3 Å². The standard InChI is InChI=1S/C47H52N6O7/c48-42-11-1-2-12-43(42)50-46(56)14-4-3-13-45(55)49-30-34-7-5-8-36(27-34)37-9-6-10-38(28-37)47-59-41(29-44(60-47)35-17-15-33(32-54)16-18-35)31-51-23-25-52(26-24-51)39-19-21-40(22-20-39)53(57)58/h1-2,5-12,15-22,27-28,41,44,47,54H,3-4,13-14,23-26,29-32,48H2,(H,49,55)(H,50,56)/t41-,44+,47+/m0/s1. The van der Waals surface area contributed by atoms with Crippen molar-refractivity contribution in [1.82, 2.24) is 10.2 Å². The second-order valence-electron chi connectivity index (χ2n) is 15.4. The molecule has 0 unspecified atom stereocenters. The maximum Gasteiger partial charge on any atom is 0.269 e. The molecule has 0 saturated carbocycles. The number of nitro benzene ring substituents is 1. The van der Waals surface area contributed by atoms with Crippen LogP contribution in [-0.4, -0.2) is 65.6 Å². The Bertz CT molecular complexity index is 2230. The van der Waals surface area contributed by atoms with Gasteiger partial charge in [0, 0.05) is 81.9 Å². The third-order valence-electron chi connectivity index (χ3n) is 11.1. The monoisotopic (exact) mass is 812 g/mol. The van der Waals surface area contributed by atoms with E-state index >= 15 is 0 Å². The Morgan fingerprint density at radius 3 is 2.18 bits per heavy atom. The number of nitrogens with two attached hydrogens (primary N) is 1. The number of carbonyl (C=O) groups excluding carboxylic acids is 2. The second-order valence-corrected chi connectivity index (χ2v) is 15.4. The molecule has 2 aliphatic rings. The third-order valence-corrected chi connectivity index (χ3v) is 11.1. The van der Waals surface area contributed by atoms with Crippen molar-refractivity contribution in [2.24, 2.45) is 0 Å². The van der Waals surface area contributed by atoms with Crippen molar-refractivity contribution in [2.75, 3.05) is 48.7 Å². The number of piperazine rings is 1. The highest BCUT2D eigenvalue weighted by atomic mass is 16.7. The summed E-state index contributed by atoms with van der Waals surface area (Å²) in [5.41, 5.74) is 13.8. The minimum atomic E-state index is -0.613. The zero-order valence-electron chi connectivity index (χ0n) is 33.6. The summed E-state index contributed by atoms with van der Waals surface area (Å²) in [4.78, 5) is 40.4. The lowest BCUT2D eigenvalue weighted by molar-refractivity contribution is -0.384. The summed E-state index contributed by atoms with van der Waals surface area (Å²) >= 11 is 0. The number of aliphatic hydroxyl groups is 1. The van der Waals surface area contributed by atoms with Crippen molar-refractivity contribution in [3.63, 3.8) is 0 Å². The maximum atomic E-state index is 12.7. The number of para-hydroxylation sites is 2. The Labute approximate surface area is 350 Å². The highest BCUT2D eigenvalue weighted by molar-refractivity contribution is 5.93. The first-order chi connectivity index (χ1) is 29.2. The Hall–Kier alpha value is -6.12. The largest absolute Gasteiger partial charge is 0.397 e. The number of hydrogen-bond donors (Lipinski definition) is 4. The molecular weight excluding hydrogens is 761 g/mol. The van der Waals surface area contributed by atoms with Crippen LogP contribution >= 0.6 is 0 Å². The summed E-state index contributed by atoms with van der Waals surface area (Å²) in [6.07, 6.45) is 1.55. The first-order valence-electron chi connectivity index (χ1n) is 20.5. The number of aliphatic hydroxyl groups excluding tert-OH is 1. The number of nitrogens with one attached hydrogen (secondary N) is 2. The number of nitro groups is 1.